The lowest BCUT2D eigenvalue weighted by Gasteiger charge is -2.39. The molecule has 3 aromatic carbocycles. The quantitative estimate of drug-likeness (QED) is 0.495. The molecule has 2 aliphatic rings. The molecule has 2 unspecified atom stereocenters. The Balaban J connectivity index is 1.90. The van der Waals surface area contributed by atoms with Crippen molar-refractivity contribution in [2.24, 2.45) is 0 Å². The number of esters is 1. The molecule has 0 aliphatic carbocycles. The van der Waals surface area contributed by atoms with Crippen LogP contribution < -0.4 is 4.74 Å². The molecule has 0 radical (unpaired) electrons. The van der Waals surface area contributed by atoms with E-state index in [1.165, 1.54) is 6.92 Å². The van der Waals surface area contributed by atoms with Gasteiger partial charge in [-0.2, -0.15) is 0 Å². The normalized spacial score (nSPS) is 20.6. The maximum absolute atomic E-state index is 12.1. The molecule has 31 heavy (non-hydrogen) atoms. The third-order valence-corrected chi connectivity index (χ3v) is 6.79. The highest BCUT2D eigenvalue weighted by molar-refractivity contribution is 6.12. The molecule has 2 N–H and O–H groups in total. The second kappa shape index (κ2) is 7.79. The predicted molar refractivity (Wildman–Crippen MR) is 118 cm³/mol. The van der Waals surface area contributed by atoms with E-state index in [2.05, 4.69) is 4.90 Å². The summed E-state index contributed by atoms with van der Waals surface area (Å²) in [6.45, 7) is 3.06. The lowest BCUT2D eigenvalue weighted by atomic mass is 9.82. The van der Waals surface area contributed by atoms with Crippen molar-refractivity contribution in [3.8, 4) is 5.75 Å². The molecule has 2 aliphatic heterocycles. The first kappa shape index (κ1) is 20.2. The van der Waals surface area contributed by atoms with Crippen molar-refractivity contribution in [2.45, 2.75) is 51.7 Å². The van der Waals surface area contributed by atoms with Crippen LogP contribution in [0, 0.1) is 0 Å². The number of aliphatic hydroxyl groups is 2. The standard InChI is InChI=1S/C25H27NO5/c1-14(29)31-25-22-4-3-7-26(22)11-21-20-10-23(30-2)16(13-28)9-19(20)18-8-15(12-27)5-6-17(18)24(21)25/h5-6,8-10,22,25,27-28H,3-4,7,11-13H2,1-2H3. The molecule has 2 heterocycles. The smallest absolute Gasteiger partial charge is 0.303 e. The fourth-order valence-corrected chi connectivity index (χ4v) is 5.46. The summed E-state index contributed by atoms with van der Waals surface area (Å²) >= 11 is 0. The average Bonchev–Trinajstić information content (AvgIpc) is 3.26. The molecule has 162 valence electrons. The van der Waals surface area contributed by atoms with E-state index in [1.54, 1.807) is 7.11 Å². The van der Waals surface area contributed by atoms with Gasteiger partial charge in [0.05, 0.1) is 26.4 Å². The molecule has 2 atom stereocenters. The number of fused-ring (bicyclic) bond motifs is 7. The van der Waals surface area contributed by atoms with E-state index in [0.717, 1.165) is 69.7 Å². The van der Waals surface area contributed by atoms with E-state index in [4.69, 9.17) is 9.47 Å². The Bertz CT molecular complexity index is 1190. The van der Waals surface area contributed by atoms with Crippen LogP contribution in [-0.2, 0) is 29.3 Å². The van der Waals surface area contributed by atoms with E-state index in [9.17, 15) is 15.0 Å². The number of carbonyl (C=O) groups is 1. The minimum Gasteiger partial charge on any atom is -0.496 e. The minimum atomic E-state index is -0.334. The van der Waals surface area contributed by atoms with Crippen molar-refractivity contribution in [2.75, 3.05) is 13.7 Å². The van der Waals surface area contributed by atoms with Gasteiger partial charge in [0.15, 0.2) is 0 Å². The summed E-state index contributed by atoms with van der Waals surface area (Å²) in [5.41, 5.74) is 3.74. The van der Waals surface area contributed by atoms with Crippen LogP contribution in [0.5, 0.6) is 5.75 Å². The van der Waals surface area contributed by atoms with E-state index < -0.39 is 0 Å². The van der Waals surface area contributed by atoms with Gasteiger partial charge in [-0.1, -0.05) is 12.1 Å². The Labute approximate surface area is 181 Å². The molecule has 1 saturated heterocycles. The molecule has 3 aromatic rings. The molecule has 5 rings (SSSR count). The number of hydrogen-bond acceptors (Lipinski definition) is 6. The highest BCUT2D eigenvalue weighted by Gasteiger charge is 2.41. The van der Waals surface area contributed by atoms with Crippen molar-refractivity contribution in [3.05, 3.63) is 52.6 Å². The second-order valence-corrected chi connectivity index (χ2v) is 8.51. The number of benzene rings is 3. The van der Waals surface area contributed by atoms with Crippen LogP contribution in [0.25, 0.3) is 21.5 Å². The maximum Gasteiger partial charge on any atom is 0.303 e. The highest BCUT2D eigenvalue weighted by Crippen LogP contribution is 2.47. The fraction of sp³-hybridized carbons (Fsp3) is 0.400. The third kappa shape index (κ3) is 3.17. The molecule has 1 fully saturated rings. The number of aliphatic hydroxyl groups excluding tert-OH is 2. The van der Waals surface area contributed by atoms with Crippen LogP contribution in [0.15, 0.2) is 30.3 Å². The molecular formula is C25H27NO5. The van der Waals surface area contributed by atoms with Gasteiger partial charge >= 0.3 is 5.97 Å². The largest absolute Gasteiger partial charge is 0.496 e. The van der Waals surface area contributed by atoms with Gasteiger partial charge in [0.25, 0.3) is 0 Å². The minimum absolute atomic E-state index is 0.0543. The number of methoxy groups -OCH3 is 1. The van der Waals surface area contributed by atoms with E-state index in [-0.39, 0.29) is 31.3 Å². The van der Waals surface area contributed by atoms with Crippen LogP contribution >= 0.6 is 0 Å². The molecule has 6 nitrogen and oxygen atoms in total. The predicted octanol–water partition coefficient (Wildman–Crippen LogP) is 3.57. The summed E-state index contributed by atoms with van der Waals surface area (Å²) in [7, 11) is 1.61. The molecule has 0 saturated carbocycles. The van der Waals surface area contributed by atoms with Crippen molar-refractivity contribution in [1.29, 1.82) is 0 Å². The summed E-state index contributed by atoms with van der Waals surface area (Å²) in [5, 5.41) is 23.7. The number of carbonyl (C=O) groups excluding carboxylic acids is 1. The van der Waals surface area contributed by atoms with E-state index in [1.807, 2.05) is 30.3 Å². The van der Waals surface area contributed by atoms with Crippen LogP contribution in [0.1, 0.15) is 48.1 Å². The topological polar surface area (TPSA) is 79.2 Å². The average molecular weight is 421 g/mol. The number of ether oxygens (including phenoxy) is 2. The van der Waals surface area contributed by atoms with Gasteiger partial charge in [-0.3, -0.25) is 9.69 Å². The first-order valence-electron chi connectivity index (χ1n) is 10.8. The Morgan fingerprint density at radius 1 is 1.10 bits per heavy atom. The fourth-order valence-electron chi connectivity index (χ4n) is 5.46. The molecule has 0 bridgehead atoms. The summed E-state index contributed by atoms with van der Waals surface area (Å²) in [6.07, 6.45) is 1.75. The first-order chi connectivity index (χ1) is 15.0. The van der Waals surface area contributed by atoms with Crippen LogP contribution in [0.2, 0.25) is 0 Å². The molecule has 0 aromatic heterocycles. The van der Waals surface area contributed by atoms with Crippen molar-refractivity contribution >= 4 is 27.5 Å². The second-order valence-electron chi connectivity index (χ2n) is 8.51. The zero-order chi connectivity index (χ0) is 21.7. The Kier molecular flexibility index (Phi) is 5.08. The third-order valence-electron chi connectivity index (χ3n) is 6.79. The highest BCUT2D eigenvalue weighted by atomic mass is 16.5. The van der Waals surface area contributed by atoms with Gasteiger partial charge in [0, 0.05) is 24.6 Å². The van der Waals surface area contributed by atoms with Crippen molar-refractivity contribution in [3.63, 3.8) is 0 Å². The lowest BCUT2D eigenvalue weighted by molar-refractivity contribution is -0.150. The summed E-state index contributed by atoms with van der Waals surface area (Å²) in [5.74, 6) is 0.362. The van der Waals surface area contributed by atoms with E-state index >= 15 is 0 Å². The Morgan fingerprint density at radius 3 is 2.61 bits per heavy atom. The Morgan fingerprint density at radius 2 is 1.90 bits per heavy atom. The summed E-state index contributed by atoms with van der Waals surface area (Å²) in [6, 6.07) is 10.1. The summed E-state index contributed by atoms with van der Waals surface area (Å²) in [4.78, 5) is 14.5. The zero-order valence-electron chi connectivity index (χ0n) is 17.9. The molecule has 0 spiro atoms. The Hall–Kier alpha value is -2.67. The van der Waals surface area contributed by atoms with Gasteiger partial charge in [0.1, 0.15) is 11.9 Å². The lowest BCUT2D eigenvalue weighted by Crippen LogP contribution is -2.40. The van der Waals surface area contributed by atoms with Crippen molar-refractivity contribution < 1.29 is 24.5 Å². The van der Waals surface area contributed by atoms with Crippen LogP contribution in [-0.4, -0.2) is 40.8 Å². The molecular weight excluding hydrogens is 394 g/mol. The maximum atomic E-state index is 12.1. The van der Waals surface area contributed by atoms with Gasteiger partial charge in [-0.05, 0) is 70.3 Å². The monoisotopic (exact) mass is 421 g/mol. The van der Waals surface area contributed by atoms with E-state index in [0.29, 0.717) is 5.75 Å². The first-order valence-corrected chi connectivity index (χ1v) is 10.8. The van der Waals surface area contributed by atoms with Gasteiger partial charge in [-0.25, -0.2) is 0 Å². The van der Waals surface area contributed by atoms with Gasteiger partial charge in [0.2, 0.25) is 0 Å². The zero-order valence-corrected chi connectivity index (χ0v) is 17.9. The molecule has 6 heteroatoms. The summed E-state index contributed by atoms with van der Waals surface area (Å²) < 4.78 is 11.5. The number of rotatable bonds is 4. The molecule has 0 amide bonds. The van der Waals surface area contributed by atoms with Crippen LogP contribution in [0.4, 0.5) is 0 Å². The van der Waals surface area contributed by atoms with Crippen molar-refractivity contribution in [1.82, 2.24) is 4.90 Å². The van der Waals surface area contributed by atoms with Gasteiger partial charge < -0.3 is 19.7 Å². The SMILES string of the molecule is COc1cc2c3c(c4ccc(CO)cc4c2cc1CO)C(OC(C)=O)C1CCCN1C3. The van der Waals surface area contributed by atoms with Gasteiger partial charge in [-0.15, -0.1) is 0 Å². The number of nitrogens with zero attached hydrogens (tertiary/aromatic N) is 1. The van der Waals surface area contributed by atoms with Crippen LogP contribution in [0.3, 0.4) is 0 Å². The number of hydrogen-bond donors (Lipinski definition) is 2.